The molecule has 0 aromatic heterocycles. The molecule has 2 aliphatic heterocycles. The first-order chi connectivity index (χ1) is 10.2. The van der Waals surface area contributed by atoms with Crippen molar-refractivity contribution in [2.24, 2.45) is 0 Å². The highest BCUT2D eigenvalue weighted by atomic mass is 31.2. The quantitative estimate of drug-likeness (QED) is 0.486. The molecule has 0 saturated carbocycles. The van der Waals surface area contributed by atoms with E-state index >= 15 is 0 Å². The van der Waals surface area contributed by atoms with Gasteiger partial charge in [0.1, 0.15) is 0 Å². The Kier molecular flexibility index (Phi) is 9.54. The summed E-state index contributed by atoms with van der Waals surface area (Å²) in [6.07, 6.45) is 0. The molecule has 4 nitrogen and oxygen atoms in total. The van der Waals surface area contributed by atoms with Crippen LogP contribution >= 0.6 is 16.8 Å². The number of hydrogen-bond acceptors (Lipinski definition) is 4. The van der Waals surface area contributed by atoms with Gasteiger partial charge in [0.25, 0.3) is 0 Å². The van der Waals surface area contributed by atoms with E-state index in [1.54, 1.807) is 0 Å². The molecule has 0 radical (unpaired) electrons. The Bertz CT molecular complexity index is 463. The molecule has 2 heterocycles. The van der Waals surface area contributed by atoms with E-state index < -0.39 is 16.8 Å². The Morgan fingerprint density at radius 1 is 0.750 bits per heavy atom. The van der Waals surface area contributed by atoms with Crippen molar-refractivity contribution in [2.45, 2.75) is 67.0 Å². The lowest BCUT2D eigenvalue weighted by Gasteiger charge is -2.29. The third-order valence-corrected chi connectivity index (χ3v) is 6.50. The summed E-state index contributed by atoms with van der Waals surface area (Å²) in [4.78, 5) is 0. The van der Waals surface area contributed by atoms with Gasteiger partial charge in [-0.3, -0.25) is 0 Å². The smallest absolute Gasteiger partial charge is 0.168 e. The van der Waals surface area contributed by atoms with Crippen molar-refractivity contribution >= 4 is 16.8 Å². The maximum atomic E-state index is 5.61. The lowest BCUT2D eigenvalue weighted by atomic mass is 9.90. The van der Waals surface area contributed by atoms with Crippen LogP contribution in [0.4, 0.5) is 0 Å². The Morgan fingerprint density at radius 2 is 1.12 bits per heavy atom. The van der Waals surface area contributed by atoms with Gasteiger partial charge in [0.2, 0.25) is 0 Å². The molecule has 1 saturated heterocycles. The molecule has 0 bridgehead atoms. The normalized spacial score (nSPS) is 22.1. The standard InChI is InChI=1S/C9H11O2P.C7H15O2P.2CH4/c1-12-10-6-8-4-2-3-5-9(8)7-11-12;1-6(2)7(3,4)9-10(5)8-6;;/h2-5H,6-7H2,1H3;1-5H3;2*1H4. The van der Waals surface area contributed by atoms with Crippen LogP contribution in [0.2, 0.25) is 0 Å². The number of fused-ring (bicyclic) bond motifs is 1. The second kappa shape index (κ2) is 9.57. The van der Waals surface area contributed by atoms with E-state index in [4.69, 9.17) is 18.1 Å². The third kappa shape index (κ3) is 6.02. The lowest BCUT2D eigenvalue weighted by molar-refractivity contribution is 0.00578. The van der Waals surface area contributed by atoms with Crippen molar-refractivity contribution in [3.8, 4) is 0 Å². The molecule has 0 aliphatic carbocycles. The third-order valence-electron chi connectivity index (χ3n) is 4.09. The van der Waals surface area contributed by atoms with E-state index in [9.17, 15) is 0 Å². The number of rotatable bonds is 0. The van der Waals surface area contributed by atoms with Gasteiger partial charge in [0.15, 0.2) is 16.8 Å². The van der Waals surface area contributed by atoms with Crippen molar-refractivity contribution in [1.82, 2.24) is 0 Å². The fourth-order valence-electron chi connectivity index (χ4n) is 2.08. The topological polar surface area (TPSA) is 36.9 Å². The van der Waals surface area contributed by atoms with E-state index in [1.165, 1.54) is 11.1 Å². The van der Waals surface area contributed by atoms with Gasteiger partial charge in [-0.1, -0.05) is 39.1 Å². The average Bonchev–Trinajstić information content (AvgIpc) is 2.56. The first-order valence-corrected chi connectivity index (χ1v) is 10.6. The highest BCUT2D eigenvalue weighted by Gasteiger charge is 2.48. The van der Waals surface area contributed by atoms with Crippen LogP contribution in [0.25, 0.3) is 0 Å². The lowest BCUT2D eigenvalue weighted by Crippen LogP contribution is -2.41. The van der Waals surface area contributed by atoms with Crippen molar-refractivity contribution in [1.29, 1.82) is 0 Å². The van der Waals surface area contributed by atoms with Gasteiger partial charge in [-0.25, -0.2) is 0 Å². The maximum Gasteiger partial charge on any atom is 0.168 e. The summed E-state index contributed by atoms with van der Waals surface area (Å²) in [5.74, 6) is 0. The van der Waals surface area contributed by atoms with Crippen molar-refractivity contribution in [3.63, 3.8) is 0 Å². The van der Waals surface area contributed by atoms with Crippen LogP contribution in [0.1, 0.15) is 53.7 Å². The van der Waals surface area contributed by atoms with Crippen LogP contribution in [-0.2, 0) is 31.3 Å². The SMILES string of the molecule is C.C.CP1OC(C)(C)C(C)(C)O1.CP1OCc2ccccc2CO1. The second-order valence-corrected chi connectivity index (χ2v) is 9.04. The highest BCUT2D eigenvalue weighted by Crippen LogP contribution is 2.55. The van der Waals surface area contributed by atoms with Crippen molar-refractivity contribution < 1.29 is 18.1 Å². The molecule has 1 fully saturated rings. The first-order valence-electron chi connectivity index (χ1n) is 7.39. The van der Waals surface area contributed by atoms with E-state index in [1.807, 2.05) is 25.5 Å². The molecule has 0 spiro atoms. The molecule has 24 heavy (non-hydrogen) atoms. The molecule has 3 rings (SSSR count). The highest BCUT2D eigenvalue weighted by molar-refractivity contribution is 7.46. The van der Waals surface area contributed by atoms with Crippen LogP contribution in [0, 0.1) is 0 Å². The Morgan fingerprint density at radius 3 is 1.42 bits per heavy atom. The molecule has 1 aromatic rings. The van der Waals surface area contributed by atoms with Gasteiger partial charge in [-0.05, 0) is 38.8 Å². The summed E-state index contributed by atoms with van der Waals surface area (Å²) in [5.41, 5.74) is 2.25. The monoisotopic (exact) mass is 376 g/mol. The molecule has 0 unspecified atom stereocenters. The van der Waals surface area contributed by atoms with Crippen LogP contribution < -0.4 is 0 Å². The molecule has 2 aliphatic rings. The van der Waals surface area contributed by atoms with Gasteiger partial charge < -0.3 is 18.1 Å². The molecule has 6 heteroatoms. The summed E-state index contributed by atoms with van der Waals surface area (Å²) in [6, 6.07) is 8.25. The summed E-state index contributed by atoms with van der Waals surface area (Å²) in [5, 5.41) is 0. The van der Waals surface area contributed by atoms with E-state index in [2.05, 4.69) is 39.8 Å². The predicted octanol–water partition coefficient (Wildman–Crippen LogP) is 6.48. The van der Waals surface area contributed by atoms with E-state index in [0.717, 1.165) is 0 Å². The van der Waals surface area contributed by atoms with Crippen LogP contribution in [0.15, 0.2) is 24.3 Å². The zero-order chi connectivity index (χ0) is 16.4. The molecule has 0 amide bonds. The Balaban J connectivity index is 0.000000413. The van der Waals surface area contributed by atoms with Crippen LogP contribution in [-0.4, -0.2) is 24.5 Å². The second-order valence-electron chi connectivity index (χ2n) is 6.40. The Hall–Kier alpha value is -0.0800. The number of benzene rings is 1. The first kappa shape index (κ1) is 23.9. The maximum absolute atomic E-state index is 5.61. The number of hydrogen-bond donors (Lipinski definition) is 0. The molecule has 0 atom stereocenters. The van der Waals surface area contributed by atoms with Gasteiger partial charge >= 0.3 is 0 Å². The fourth-order valence-corrected chi connectivity index (χ4v) is 4.56. The zero-order valence-electron chi connectivity index (χ0n) is 14.3. The van der Waals surface area contributed by atoms with Crippen LogP contribution in [0.3, 0.4) is 0 Å². The zero-order valence-corrected chi connectivity index (χ0v) is 16.0. The van der Waals surface area contributed by atoms with Gasteiger partial charge in [0, 0.05) is 13.3 Å². The molecule has 0 N–H and O–H groups in total. The minimum absolute atomic E-state index is 0. The molecular formula is C18H34O4P2. The van der Waals surface area contributed by atoms with Crippen molar-refractivity contribution in [3.05, 3.63) is 35.4 Å². The largest absolute Gasteiger partial charge is 0.329 e. The average molecular weight is 376 g/mol. The summed E-state index contributed by atoms with van der Waals surface area (Å²) < 4.78 is 22.2. The minimum Gasteiger partial charge on any atom is -0.329 e. The van der Waals surface area contributed by atoms with Gasteiger partial charge in [-0.2, -0.15) is 0 Å². The summed E-state index contributed by atoms with van der Waals surface area (Å²) in [6.45, 7) is 13.6. The minimum atomic E-state index is -0.665. The molecule has 1 aromatic carbocycles. The van der Waals surface area contributed by atoms with Gasteiger partial charge in [0.05, 0.1) is 24.4 Å². The predicted molar refractivity (Wildman–Crippen MR) is 105 cm³/mol. The molecular weight excluding hydrogens is 342 g/mol. The van der Waals surface area contributed by atoms with Gasteiger partial charge in [-0.15, -0.1) is 0 Å². The Labute approximate surface area is 151 Å². The van der Waals surface area contributed by atoms with E-state index in [-0.39, 0.29) is 26.1 Å². The summed E-state index contributed by atoms with van der Waals surface area (Å²) >= 11 is 0. The van der Waals surface area contributed by atoms with Crippen LogP contribution in [0.5, 0.6) is 0 Å². The van der Waals surface area contributed by atoms with Crippen molar-refractivity contribution in [2.75, 3.05) is 13.3 Å². The molecule has 140 valence electrons. The summed E-state index contributed by atoms with van der Waals surface area (Å²) in [7, 11) is -1.31. The fraction of sp³-hybridized carbons (Fsp3) is 0.667. The van der Waals surface area contributed by atoms with E-state index in [0.29, 0.717) is 13.2 Å².